The molecule has 0 spiro atoms. The highest BCUT2D eigenvalue weighted by molar-refractivity contribution is 5.79. The van der Waals surface area contributed by atoms with E-state index >= 15 is 0 Å². The maximum absolute atomic E-state index is 12.7. The summed E-state index contributed by atoms with van der Waals surface area (Å²) in [5.41, 5.74) is 4.64. The number of amides is 2. The lowest BCUT2D eigenvalue weighted by Gasteiger charge is -2.23. The highest BCUT2D eigenvalue weighted by atomic mass is 16.5. The summed E-state index contributed by atoms with van der Waals surface area (Å²) in [6, 6.07) is 16.0. The third-order valence-corrected chi connectivity index (χ3v) is 6.30. The number of alkyl carbamates (subject to hydrolysis) is 1. The normalized spacial score (nSPS) is 13.0. The molecule has 7 nitrogen and oxygen atoms in total. The van der Waals surface area contributed by atoms with Gasteiger partial charge in [0.1, 0.15) is 6.61 Å². The first-order valence-corrected chi connectivity index (χ1v) is 12.0. The first-order valence-electron chi connectivity index (χ1n) is 12.0. The number of benzene rings is 2. The summed E-state index contributed by atoms with van der Waals surface area (Å²) in [5, 5.41) is 11.7. The third-order valence-electron chi connectivity index (χ3n) is 6.30. The molecule has 1 aliphatic rings. The minimum Gasteiger partial charge on any atom is -0.481 e. The van der Waals surface area contributed by atoms with Gasteiger partial charge >= 0.3 is 12.1 Å². The zero-order valence-corrected chi connectivity index (χ0v) is 20.0. The fourth-order valence-electron chi connectivity index (χ4n) is 4.44. The van der Waals surface area contributed by atoms with E-state index in [1.54, 1.807) is 7.05 Å². The van der Waals surface area contributed by atoms with Crippen LogP contribution in [-0.2, 0) is 14.3 Å². The Morgan fingerprint density at radius 2 is 1.65 bits per heavy atom. The van der Waals surface area contributed by atoms with Gasteiger partial charge in [-0.05, 0) is 35.1 Å². The summed E-state index contributed by atoms with van der Waals surface area (Å²) in [6.45, 7) is 2.66. The molecule has 2 N–H and O–H groups in total. The van der Waals surface area contributed by atoms with E-state index in [0.29, 0.717) is 19.4 Å². The number of carbonyl (C=O) groups excluding carboxylic acids is 2. The van der Waals surface area contributed by atoms with Gasteiger partial charge in [-0.3, -0.25) is 9.59 Å². The highest BCUT2D eigenvalue weighted by Crippen LogP contribution is 2.44. The van der Waals surface area contributed by atoms with E-state index in [1.807, 2.05) is 24.3 Å². The van der Waals surface area contributed by atoms with Gasteiger partial charge in [0.25, 0.3) is 0 Å². The molecule has 3 rings (SSSR count). The topological polar surface area (TPSA) is 95.9 Å². The Morgan fingerprint density at radius 1 is 1.03 bits per heavy atom. The van der Waals surface area contributed by atoms with Crippen molar-refractivity contribution >= 4 is 18.0 Å². The number of hydrogen-bond donors (Lipinski definition) is 2. The molecule has 7 heteroatoms. The van der Waals surface area contributed by atoms with Gasteiger partial charge in [-0.25, -0.2) is 4.79 Å². The molecule has 182 valence electrons. The monoisotopic (exact) mass is 466 g/mol. The Labute approximate surface area is 201 Å². The van der Waals surface area contributed by atoms with Crippen LogP contribution in [0.15, 0.2) is 48.5 Å². The number of unbranched alkanes of at least 4 members (excludes halogenated alkanes) is 1. The maximum atomic E-state index is 12.7. The van der Waals surface area contributed by atoms with Gasteiger partial charge in [-0.15, -0.1) is 0 Å². The number of aliphatic carboxylic acids is 1. The number of hydrogen-bond acceptors (Lipinski definition) is 4. The molecule has 0 bridgehead atoms. The highest BCUT2D eigenvalue weighted by Gasteiger charge is 2.29. The van der Waals surface area contributed by atoms with Gasteiger partial charge in [0.15, 0.2) is 0 Å². The number of carboxylic acids is 1. The number of carboxylic acid groups (broad SMARTS) is 1. The van der Waals surface area contributed by atoms with Crippen molar-refractivity contribution in [2.24, 2.45) is 0 Å². The minimum absolute atomic E-state index is 0.0192. The van der Waals surface area contributed by atoms with Crippen LogP contribution in [0.25, 0.3) is 11.1 Å². The van der Waals surface area contributed by atoms with Gasteiger partial charge in [0.2, 0.25) is 5.91 Å². The number of nitrogens with zero attached hydrogens (tertiary/aromatic N) is 1. The van der Waals surface area contributed by atoms with E-state index in [-0.39, 0.29) is 37.3 Å². The summed E-state index contributed by atoms with van der Waals surface area (Å²) in [6.07, 6.45) is 2.56. The van der Waals surface area contributed by atoms with Gasteiger partial charge in [-0.2, -0.15) is 0 Å². The molecule has 0 saturated carbocycles. The second kappa shape index (κ2) is 12.2. The van der Waals surface area contributed by atoms with Crippen molar-refractivity contribution in [1.29, 1.82) is 0 Å². The molecular formula is C27H34N2O5. The number of rotatable bonds is 12. The van der Waals surface area contributed by atoms with Crippen LogP contribution in [0.4, 0.5) is 4.79 Å². The standard InChI is InChI=1S/C27H34N2O5/c1-3-4-10-19(17-25(30)29(2)16-9-15-26(31)32)28-27(33)34-18-24-22-13-7-5-11-20(22)21-12-6-8-14-23(21)24/h5-8,11-14,19,24H,3-4,9-10,15-18H2,1-2H3,(H,28,33)(H,31,32)/t19-/m1/s1. The van der Waals surface area contributed by atoms with Crippen molar-refractivity contribution in [3.63, 3.8) is 0 Å². The molecule has 2 aromatic rings. The lowest BCUT2D eigenvalue weighted by Crippen LogP contribution is -2.40. The zero-order chi connectivity index (χ0) is 24.5. The molecule has 2 aromatic carbocycles. The summed E-state index contributed by atoms with van der Waals surface area (Å²) in [7, 11) is 1.66. The van der Waals surface area contributed by atoms with Crippen molar-refractivity contribution in [3.05, 3.63) is 59.7 Å². The van der Waals surface area contributed by atoms with E-state index in [9.17, 15) is 14.4 Å². The number of carbonyl (C=O) groups is 3. The Balaban J connectivity index is 1.57. The number of ether oxygens (including phenoxy) is 1. The molecule has 0 heterocycles. The van der Waals surface area contributed by atoms with Crippen LogP contribution in [0.2, 0.25) is 0 Å². The average Bonchev–Trinajstić information content (AvgIpc) is 3.14. The average molecular weight is 467 g/mol. The number of fused-ring (bicyclic) bond motifs is 3. The second-order valence-corrected chi connectivity index (χ2v) is 8.83. The predicted octanol–water partition coefficient (Wildman–Crippen LogP) is 4.80. The molecule has 0 unspecified atom stereocenters. The molecule has 1 aliphatic carbocycles. The Bertz CT molecular complexity index is 961. The largest absolute Gasteiger partial charge is 0.481 e. The summed E-state index contributed by atoms with van der Waals surface area (Å²) >= 11 is 0. The Hall–Kier alpha value is -3.35. The van der Waals surface area contributed by atoms with Gasteiger partial charge in [0, 0.05) is 38.4 Å². The fraction of sp³-hybridized carbons (Fsp3) is 0.444. The second-order valence-electron chi connectivity index (χ2n) is 8.83. The molecule has 34 heavy (non-hydrogen) atoms. The van der Waals surface area contributed by atoms with Gasteiger partial charge < -0.3 is 20.1 Å². The van der Waals surface area contributed by atoms with E-state index in [4.69, 9.17) is 9.84 Å². The van der Waals surface area contributed by atoms with Crippen LogP contribution in [-0.4, -0.2) is 54.2 Å². The van der Waals surface area contributed by atoms with E-state index in [1.165, 1.54) is 16.0 Å². The van der Waals surface area contributed by atoms with Crippen molar-refractivity contribution in [1.82, 2.24) is 10.2 Å². The van der Waals surface area contributed by atoms with Crippen molar-refractivity contribution in [2.75, 3.05) is 20.2 Å². The maximum Gasteiger partial charge on any atom is 0.407 e. The van der Waals surface area contributed by atoms with Crippen LogP contribution < -0.4 is 5.32 Å². The van der Waals surface area contributed by atoms with E-state index in [0.717, 1.165) is 24.0 Å². The fourth-order valence-corrected chi connectivity index (χ4v) is 4.44. The SMILES string of the molecule is CCCC[C@H](CC(=O)N(C)CCCC(=O)O)NC(=O)OCC1c2ccccc2-c2ccccc21. The lowest BCUT2D eigenvalue weighted by atomic mass is 9.98. The van der Waals surface area contributed by atoms with Crippen molar-refractivity contribution in [3.8, 4) is 11.1 Å². The Kier molecular flexibility index (Phi) is 9.08. The van der Waals surface area contributed by atoms with Crippen molar-refractivity contribution < 1.29 is 24.2 Å². The van der Waals surface area contributed by atoms with E-state index in [2.05, 4.69) is 36.5 Å². The van der Waals surface area contributed by atoms with Crippen LogP contribution in [0, 0.1) is 0 Å². The summed E-state index contributed by atoms with van der Waals surface area (Å²) in [5.74, 6) is -1.02. The van der Waals surface area contributed by atoms with Crippen LogP contribution in [0.5, 0.6) is 0 Å². The number of nitrogens with one attached hydrogen (secondary N) is 1. The molecule has 2 amide bonds. The molecule has 1 atom stereocenters. The molecule has 0 aromatic heterocycles. The Morgan fingerprint density at radius 3 is 2.24 bits per heavy atom. The molecular weight excluding hydrogens is 432 g/mol. The van der Waals surface area contributed by atoms with Crippen LogP contribution in [0.1, 0.15) is 62.5 Å². The van der Waals surface area contributed by atoms with Crippen molar-refractivity contribution in [2.45, 2.75) is 57.4 Å². The summed E-state index contributed by atoms with van der Waals surface area (Å²) in [4.78, 5) is 37.5. The molecule has 0 saturated heterocycles. The van der Waals surface area contributed by atoms with Crippen LogP contribution >= 0.6 is 0 Å². The predicted molar refractivity (Wildman–Crippen MR) is 131 cm³/mol. The quantitative estimate of drug-likeness (QED) is 0.469. The first kappa shape index (κ1) is 25.3. The van der Waals surface area contributed by atoms with Gasteiger partial charge in [0.05, 0.1) is 0 Å². The lowest BCUT2D eigenvalue weighted by molar-refractivity contribution is -0.138. The molecule has 0 fully saturated rings. The first-order chi connectivity index (χ1) is 16.4. The minimum atomic E-state index is -0.876. The molecule has 0 radical (unpaired) electrons. The molecule has 0 aliphatic heterocycles. The summed E-state index contributed by atoms with van der Waals surface area (Å²) < 4.78 is 5.64. The smallest absolute Gasteiger partial charge is 0.407 e. The van der Waals surface area contributed by atoms with Gasteiger partial charge in [-0.1, -0.05) is 68.3 Å². The van der Waals surface area contributed by atoms with E-state index < -0.39 is 12.1 Å². The third kappa shape index (κ3) is 6.59. The van der Waals surface area contributed by atoms with Crippen LogP contribution in [0.3, 0.4) is 0 Å². The zero-order valence-electron chi connectivity index (χ0n) is 20.0.